The van der Waals surface area contributed by atoms with Gasteiger partial charge in [0.1, 0.15) is 11.5 Å². The number of carbonyl (C=O) groups is 1. The zero-order valence-corrected chi connectivity index (χ0v) is 11.2. The summed E-state index contributed by atoms with van der Waals surface area (Å²) in [5, 5.41) is 11.0. The van der Waals surface area contributed by atoms with E-state index in [1.807, 2.05) is 0 Å². The molecule has 1 atom stereocenters. The monoisotopic (exact) mass is 326 g/mol. The van der Waals surface area contributed by atoms with E-state index in [0.29, 0.717) is 0 Å². The normalized spacial score (nSPS) is 18.5. The van der Waals surface area contributed by atoms with Gasteiger partial charge in [-0.1, -0.05) is 0 Å². The van der Waals surface area contributed by atoms with Crippen molar-refractivity contribution in [1.82, 2.24) is 0 Å². The number of carbonyl (C=O) groups excluding carboxylic acids is 1. The van der Waals surface area contributed by atoms with Gasteiger partial charge >= 0.3 is 0 Å². The summed E-state index contributed by atoms with van der Waals surface area (Å²) >= 11 is 3.06. The second kappa shape index (κ2) is 4.97. The van der Waals surface area contributed by atoms with Crippen LogP contribution in [0.5, 0.6) is 0 Å². The number of hydrogen-bond acceptors (Lipinski definition) is 3. The topological polar surface area (TPSA) is 63.5 Å². The summed E-state index contributed by atoms with van der Waals surface area (Å²) in [4.78, 5) is 23.3. The van der Waals surface area contributed by atoms with E-state index in [-0.39, 0.29) is 35.0 Å². The van der Waals surface area contributed by atoms with Crippen LogP contribution in [0.2, 0.25) is 0 Å². The van der Waals surface area contributed by atoms with E-state index in [2.05, 4.69) is 21.9 Å². The van der Waals surface area contributed by atoms with Crippen LogP contribution in [0.1, 0.15) is 6.42 Å². The fourth-order valence-electron chi connectivity index (χ4n) is 1.99. The molecule has 7 heteroatoms. The SMILES string of the molecule is C#CC1CC(=O)N(c2c(Br)cc(F)cc2[N+](=O)[O-])C1. The largest absolute Gasteiger partial charge is 0.304 e. The zero-order valence-electron chi connectivity index (χ0n) is 9.60. The maximum atomic E-state index is 13.2. The smallest absolute Gasteiger partial charge is 0.297 e. The predicted octanol–water partition coefficient (Wildman–Crippen LogP) is 2.48. The number of hydrogen-bond donors (Lipinski definition) is 0. The molecule has 1 aliphatic heterocycles. The number of nitrogens with zero attached hydrogens (tertiary/aromatic N) is 2. The van der Waals surface area contributed by atoms with Crippen LogP contribution in [0.15, 0.2) is 16.6 Å². The van der Waals surface area contributed by atoms with E-state index >= 15 is 0 Å². The van der Waals surface area contributed by atoms with Gasteiger partial charge in [0.05, 0.1) is 15.5 Å². The molecule has 0 aliphatic carbocycles. The van der Waals surface area contributed by atoms with E-state index in [4.69, 9.17) is 6.42 Å². The van der Waals surface area contributed by atoms with Crippen molar-refractivity contribution in [3.8, 4) is 12.3 Å². The third-order valence-electron chi connectivity index (χ3n) is 2.84. The number of halogens is 2. The van der Waals surface area contributed by atoms with Crippen LogP contribution in [-0.2, 0) is 4.79 Å². The molecule has 0 saturated carbocycles. The van der Waals surface area contributed by atoms with Crippen molar-refractivity contribution in [2.45, 2.75) is 6.42 Å². The molecule has 1 amide bonds. The Balaban J connectivity index is 2.54. The van der Waals surface area contributed by atoms with E-state index in [0.717, 1.165) is 12.1 Å². The Hall–Kier alpha value is -1.94. The molecule has 0 N–H and O–H groups in total. The highest BCUT2D eigenvalue weighted by atomic mass is 79.9. The molecule has 1 unspecified atom stereocenters. The molecule has 5 nitrogen and oxygen atoms in total. The predicted molar refractivity (Wildman–Crippen MR) is 70.0 cm³/mol. The maximum absolute atomic E-state index is 13.2. The van der Waals surface area contributed by atoms with Crippen molar-refractivity contribution in [2.24, 2.45) is 5.92 Å². The number of rotatable bonds is 2. The molecule has 1 aromatic carbocycles. The van der Waals surface area contributed by atoms with Crippen molar-refractivity contribution in [2.75, 3.05) is 11.4 Å². The molecular weight excluding hydrogens is 319 g/mol. The van der Waals surface area contributed by atoms with Gasteiger partial charge in [0.15, 0.2) is 0 Å². The van der Waals surface area contributed by atoms with E-state index < -0.39 is 16.4 Å². The molecule has 1 saturated heterocycles. The number of nitro benzene ring substituents is 1. The van der Waals surface area contributed by atoms with Gasteiger partial charge in [-0.25, -0.2) is 4.39 Å². The van der Waals surface area contributed by atoms with Crippen molar-refractivity contribution < 1.29 is 14.1 Å². The van der Waals surface area contributed by atoms with Crippen LogP contribution < -0.4 is 4.90 Å². The second-order valence-corrected chi connectivity index (χ2v) is 4.94. The minimum atomic E-state index is -0.748. The number of benzene rings is 1. The molecule has 0 spiro atoms. The van der Waals surface area contributed by atoms with Crippen LogP contribution in [0.25, 0.3) is 0 Å². The molecule has 2 rings (SSSR count). The highest BCUT2D eigenvalue weighted by Gasteiger charge is 2.35. The number of terminal acetylenes is 1. The summed E-state index contributed by atoms with van der Waals surface area (Å²) in [5.74, 6) is 1.11. The van der Waals surface area contributed by atoms with Gasteiger partial charge in [0.25, 0.3) is 5.69 Å². The number of anilines is 1. The third kappa shape index (κ3) is 2.44. The first-order valence-corrected chi connectivity index (χ1v) is 6.13. The van der Waals surface area contributed by atoms with Gasteiger partial charge < -0.3 is 4.90 Å². The number of amides is 1. The quantitative estimate of drug-likeness (QED) is 0.476. The van der Waals surface area contributed by atoms with Crippen LogP contribution in [0.3, 0.4) is 0 Å². The zero-order chi connectivity index (χ0) is 14.2. The Labute approximate surface area is 116 Å². The molecule has 1 fully saturated rings. The Morgan fingerprint density at radius 2 is 2.26 bits per heavy atom. The van der Waals surface area contributed by atoms with E-state index in [9.17, 15) is 19.3 Å². The van der Waals surface area contributed by atoms with Crippen molar-refractivity contribution >= 4 is 33.2 Å². The molecule has 0 radical (unpaired) electrons. The van der Waals surface area contributed by atoms with Crippen LogP contribution >= 0.6 is 15.9 Å². The summed E-state index contributed by atoms with van der Waals surface area (Å²) in [6, 6.07) is 1.87. The Kier molecular flexibility index (Phi) is 3.53. The summed E-state index contributed by atoms with van der Waals surface area (Å²) in [6.45, 7) is 0.195. The van der Waals surface area contributed by atoms with Crippen LogP contribution in [0.4, 0.5) is 15.8 Å². The van der Waals surface area contributed by atoms with Gasteiger partial charge in [-0.15, -0.1) is 12.3 Å². The Bertz CT molecular complexity index is 612. The molecule has 1 heterocycles. The first-order chi connectivity index (χ1) is 8.93. The fourth-order valence-corrected chi connectivity index (χ4v) is 2.63. The summed E-state index contributed by atoms with van der Waals surface area (Å²) in [7, 11) is 0. The molecule has 1 aromatic rings. The molecule has 1 aliphatic rings. The highest BCUT2D eigenvalue weighted by Crippen LogP contribution is 2.39. The van der Waals surface area contributed by atoms with Crippen molar-refractivity contribution in [1.29, 1.82) is 0 Å². The Morgan fingerprint density at radius 1 is 1.58 bits per heavy atom. The average molecular weight is 327 g/mol. The van der Waals surface area contributed by atoms with Crippen molar-refractivity contribution in [3.05, 3.63) is 32.5 Å². The van der Waals surface area contributed by atoms with E-state index in [1.54, 1.807) is 0 Å². The van der Waals surface area contributed by atoms with E-state index in [1.165, 1.54) is 4.90 Å². The molecule has 98 valence electrons. The highest BCUT2D eigenvalue weighted by molar-refractivity contribution is 9.10. The molecule has 0 bridgehead atoms. The Morgan fingerprint density at radius 3 is 2.79 bits per heavy atom. The fraction of sp³-hybridized carbons (Fsp3) is 0.250. The lowest BCUT2D eigenvalue weighted by Crippen LogP contribution is -2.25. The lowest BCUT2D eigenvalue weighted by molar-refractivity contribution is -0.384. The van der Waals surface area contributed by atoms with Crippen LogP contribution in [0, 0.1) is 34.2 Å². The van der Waals surface area contributed by atoms with Gasteiger partial charge in [-0.2, -0.15) is 0 Å². The first kappa shape index (κ1) is 13.5. The maximum Gasteiger partial charge on any atom is 0.297 e. The minimum Gasteiger partial charge on any atom is -0.304 e. The third-order valence-corrected chi connectivity index (χ3v) is 3.44. The van der Waals surface area contributed by atoms with Gasteiger partial charge in [-0.05, 0) is 22.0 Å². The lowest BCUT2D eigenvalue weighted by atomic mass is 10.1. The standard InChI is InChI=1S/C12H8BrFN2O3/c1-2-7-3-11(17)15(6-7)12-9(13)4-8(14)5-10(12)16(18)19/h1,4-5,7H,3,6H2. The number of nitro groups is 1. The molecule has 0 aromatic heterocycles. The van der Waals surface area contributed by atoms with Gasteiger partial charge in [0.2, 0.25) is 5.91 Å². The average Bonchev–Trinajstić information content (AvgIpc) is 2.69. The second-order valence-electron chi connectivity index (χ2n) is 4.08. The summed E-state index contributed by atoms with van der Waals surface area (Å²) in [6.07, 6.45) is 5.40. The summed E-state index contributed by atoms with van der Waals surface area (Å²) in [5.41, 5.74) is -0.410. The summed E-state index contributed by atoms with van der Waals surface area (Å²) < 4.78 is 13.4. The van der Waals surface area contributed by atoms with Gasteiger partial charge in [-0.3, -0.25) is 14.9 Å². The lowest BCUT2D eigenvalue weighted by Gasteiger charge is -2.17. The molecular formula is C12H8BrFN2O3. The van der Waals surface area contributed by atoms with Crippen LogP contribution in [-0.4, -0.2) is 17.4 Å². The minimum absolute atomic E-state index is 0.0501. The first-order valence-electron chi connectivity index (χ1n) is 5.34. The molecule has 19 heavy (non-hydrogen) atoms. The van der Waals surface area contributed by atoms with Gasteiger partial charge in [0, 0.05) is 18.9 Å². The van der Waals surface area contributed by atoms with Crippen molar-refractivity contribution in [3.63, 3.8) is 0 Å².